The molecule has 0 saturated carbocycles. The number of rotatable bonds is 2. The Labute approximate surface area is 146 Å². The van der Waals surface area contributed by atoms with Crippen molar-refractivity contribution in [3.05, 3.63) is 72.1 Å². The number of benzene rings is 2. The molecule has 126 valence electrons. The van der Waals surface area contributed by atoms with Crippen molar-refractivity contribution in [3.63, 3.8) is 0 Å². The molecule has 0 aliphatic carbocycles. The van der Waals surface area contributed by atoms with Crippen molar-refractivity contribution in [1.82, 2.24) is 14.5 Å². The van der Waals surface area contributed by atoms with Crippen LogP contribution in [0.5, 0.6) is 0 Å². The van der Waals surface area contributed by atoms with Gasteiger partial charge in [0.2, 0.25) is 0 Å². The predicted molar refractivity (Wildman–Crippen MR) is 98.2 cm³/mol. The number of aromatic nitrogens is 2. The van der Waals surface area contributed by atoms with Gasteiger partial charge < -0.3 is 14.8 Å². The molecule has 5 heteroatoms. The topological polar surface area (TPSA) is 50.2 Å². The van der Waals surface area contributed by atoms with E-state index in [0.717, 1.165) is 34.9 Å². The Morgan fingerprint density at radius 3 is 2.44 bits per heavy atom. The van der Waals surface area contributed by atoms with Crippen molar-refractivity contribution in [2.75, 3.05) is 11.9 Å². The van der Waals surface area contributed by atoms with E-state index in [-0.39, 0.29) is 6.03 Å². The highest BCUT2D eigenvalue weighted by atomic mass is 16.2. The number of imidazole rings is 1. The zero-order chi connectivity index (χ0) is 17.2. The Kier molecular flexibility index (Phi) is 3.98. The van der Waals surface area contributed by atoms with E-state index in [0.29, 0.717) is 13.1 Å². The molecule has 0 unspecified atom stereocenters. The van der Waals surface area contributed by atoms with Crippen LogP contribution in [0.1, 0.15) is 11.4 Å². The number of urea groups is 1. The second-order valence-electron chi connectivity index (χ2n) is 6.22. The van der Waals surface area contributed by atoms with Gasteiger partial charge in [0.15, 0.2) is 0 Å². The van der Waals surface area contributed by atoms with Gasteiger partial charge in [0.05, 0.1) is 17.9 Å². The van der Waals surface area contributed by atoms with E-state index in [9.17, 15) is 4.79 Å². The lowest BCUT2D eigenvalue weighted by Crippen LogP contribution is -2.39. The van der Waals surface area contributed by atoms with Crippen molar-refractivity contribution in [2.45, 2.75) is 13.0 Å². The van der Waals surface area contributed by atoms with Gasteiger partial charge in [-0.05, 0) is 12.1 Å². The SMILES string of the molecule is Cn1c(-c2ccccc2)nc2c1CN(C(=O)Nc1ccccc1)CC2. The molecule has 0 spiro atoms. The van der Waals surface area contributed by atoms with E-state index < -0.39 is 0 Å². The fourth-order valence-corrected chi connectivity index (χ4v) is 3.23. The molecule has 5 nitrogen and oxygen atoms in total. The summed E-state index contributed by atoms with van der Waals surface area (Å²) in [7, 11) is 2.02. The summed E-state index contributed by atoms with van der Waals surface area (Å²) in [4.78, 5) is 19.2. The van der Waals surface area contributed by atoms with Crippen LogP contribution in [0.2, 0.25) is 0 Å². The first kappa shape index (κ1) is 15.4. The monoisotopic (exact) mass is 332 g/mol. The first-order valence-electron chi connectivity index (χ1n) is 8.43. The summed E-state index contributed by atoms with van der Waals surface area (Å²) < 4.78 is 2.10. The van der Waals surface area contributed by atoms with Gasteiger partial charge in [0, 0.05) is 31.3 Å². The molecule has 1 aliphatic heterocycles. The van der Waals surface area contributed by atoms with Gasteiger partial charge in [0.1, 0.15) is 5.82 Å². The Balaban J connectivity index is 1.55. The lowest BCUT2D eigenvalue weighted by atomic mass is 10.1. The summed E-state index contributed by atoms with van der Waals surface area (Å²) in [6.45, 7) is 1.25. The first-order chi connectivity index (χ1) is 12.2. The number of hydrogen-bond donors (Lipinski definition) is 1. The highest BCUT2D eigenvalue weighted by molar-refractivity contribution is 5.89. The van der Waals surface area contributed by atoms with Gasteiger partial charge in [-0.3, -0.25) is 0 Å². The van der Waals surface area contributed by atoms with E-state index in [2.05, 4.69) is 22.0 Å². The van der Waals surface area contributed by atoms with E-state index in [1.54, 1.807) is 0 Å². The maximum atomic E-state index is 12.6. The van der Waals surface area contributed by atoms with Gasteiger partial charge in [-0.1, -0.05) is 48.5 Å². The van der Waals surface area contributed by atoms with E-state index in [1.807, 2.05) is 60.5 Å². The molecule has 0 saturated heterocycles. The van der Waals surface area contributed by atoms with Crippen LogP contribution in [0.15, 0.2) is 60.7 Å². The molecule has 25 heavy (non-hydrogen) atoms. The maximum absolute atomic E-state index is 12.6. The fraction of sp³-hybridized carbons (Fsp3) is 0.200. The molecule has 1 N–H and O–H groups in total. The van der Waals surface area contributed by atoms with Crippen molar-refractivity contribution >= 4 is 11.7 Å². The van der Waals surface area contributed by atoms with Gasteiger partial charge in [0.25, 0.3) is 0 Å². The molecule has 2 amide bonds. The number of nitrogens with one attached hydrogen (secondary N) is 1. The van der Waals surface area contributed by atoms with Crippen molar-refractivity contribution in [1.29, 1.82) is 0 Å². The predicted octanol–water partition coefficient (Wildman–Crippen LogP) is 3.68. The molecule has 0 bridgehead atoms. The van der Waals surface area contributed by atoms with Crippen LogP contribution in [-0.4, -0.2) is 27.0 Å². The smallest absolute Gasteiger partial charge is 0.322 e. The van der Waals surface area contributed by atoms with Gasteiger partial charge in [-0.15, -0.1) is 0 Å². The first-order valence-corrected chi connectivity index (χ1v) is 8.43. The maximum Gasteiger partial charge on any atom is 0.322 e. The molecule has 2 aromatic carbocycles. The number of carbonyl (C=O) groups excluding carboxylic acids is 1. The molecular weight excluding hydrogens is 312 g/mol. The Morgan fingerprint density at radius 2 is 1.72 bits per heavy atom. The Bertz CT molecular complexity index is 887. The normalized spacial score (nSPS) is 13.4. The molecule has 0 radical (unpaired) electrons. The Hall–Kier alpha value is -3.08. The second kappa shape index (κ2) is 6.43. The number of para-hydroxylation sites is 1. The number of carbonyl (C=O) groups is 1. The minimum Gasteiger partial charge on any atom is -0.329 e. The van der Waals surface area contributed by atoms with Crippen LogP contribution < -0.4 is 5.32 Å². The quantitative estimate of drug-likeness (QED) is 0.778. The average molecular weight is 332 g/mol. The number of fused-ring (bicyclic) bond motifs is 1. The molecule has 1 aromatic heterocycles. The third kappa shape index (κ3) is 3.01. The number of hydrogen-bond acceptors (Lipinski definition) is 2. The van der Waals surface area contributed by atoms with Crippen molar-refractivity contribution in [3.8, 4) is 11.4 Å². The zero-order valence-electron chi connectivity index (χ0n) is 14.1. The minimum absolute atomic E-state index is 0.0701. The summed E-state index contributed by atoms with van der Waals surface area (Å²) in [6, 6.07) is 19.6. The van der Waals surface area contributed by atoms with Gasteiger partial charge in [-0.25, -0.2) is 9.78 Å². The summed E-state index contributed by atoms with van der Waals surface area (Å²) >= 11 is 0. The molecule has 1 aliphatic rings. The largest absolute Gasteiger partial charge is 0.329 e. The lowest BCUT2D eigenvalue weighted by molar-refractivity contribution is 0.204. The van der Waals surface area contributed by atoms with Crippen LogP contribution in [-0.2, 0) is 20.0 Å². The van der Waals surface area contributed by atoms with Crippen LogP contribution in [0.25, 0.3) is 11.4 Å². The summed E-state index contributed by atoms with van der Waals surface area (Å²) in [5, 5.41) is 2.96. The highest BCUT2D eigenvalue weighted by Crippen LogP contribution is 2.26. The fourth-order valence-electron chi connectivity index (χ4n) is 3.23. The molecule has 0 fully saturated rings. The standard InChI is InChI=1S/C20H20N4O/c1-23-18-14-24(20(25)21-16-10-6-3-7-11-16)13-12-17(18)22-19(23)15-8-4-2-5-9-15/h2-11H,12-14H2,1H3,(H,21,25). The van der Waals surface area contributed by atoms with Crippen molar-refractivity contribution < 1.29 is 4.79 Å². The van der Waals surface area contributed by atoms with E-state index in [1.165, 1.54) is 0 Å². The lowest BCUT2D eigenvalue weighted by Gasteiger charge is -2.27. The molecular formula is C20H20N4O. The van der Waals surface area contributed by atoms with E-state index >= 15 is 0 Å². The number of anilines is 1. The average Bonchev–Trinajstić information content (AvgIpc) is 2.99. The van der Waals surface area contributed by atoms with Crippen LogP contribution >= 0.6 is 0 Å². The number of amides is 2. The molecule has 0 atom stereocenters. The van der Waals surface area contributed by atoms with Gasteiger partial charge >= 0.3 is 6.03 Å². The summed E-state index contributed by atoms with van der Waals surface area (Å²) in [6.07, 6.45) is 0.776. The number of nitrogens with zero attached hydrogens (tertiary/aromatic N) is 3. The van der Waals surface area contributed by atoms with Crippen LogP contribution in [0.4, 0.5) is 10.5 Å². The van der Waals surface area contributed by atoms with E-state index in [4.69, 9.17) is 4.98 Å². The van der Waals surface area contributed by atoms with Crippen LogP contribution in [0, 0.1) is 0 Å². The third-order valence-electron chi connectivity index (χ3n) is 4.60. The molecule has 2 heterocycles. The minimum atomic E-state index is -0.0701. The Morgan fingerprint density at radius 1 is 1.04 bits per heavy atom. The third-order valence-corrected chi connectivity index (χ3v) is 4.60. The second-order valence-corrected chi connectivity index (χ2v) is 6.22. The van der Waals surface area contributed by atoms with Crippen LogP contribution in [0.3, 0.4) is 0 Å². The molecule has 4 rings (SSSR count). The molecule has 3 aromatic rings. The summed E-state index contributed by atoms with van der Waals surface area (Å²) in [5.74, 6) is 0.955. The zero-order valence-corrected chi connectivity index (χ0v) is 14.1. The highest BCUT2D eigenvalue weighted by Gasteiger charge is 2.26. The van der Waals surface area contributed by atoms with Crippen molar-refractivity contribution in [2.24, 2.45) is 7.05 Å². The summed E-state index contributed by atoms with van der Waals surface area (Å²) in [5.41, 5.74) is 4.10. The van der Waals surface area contributed by atoms with Gasteiger partial charge in [-0.2, -0.15) is 0 Å².